The molecule has 1 aliphatic rings. The number of hydrogen-bond acceptors (Lipinski definition) is 1. The fraction of sp³-hybridized carbons (Fsp3) is 0.526. The standard InChI is InChI=1S/C19H26N2O/c1-14-17(15-10-6-7-11-16(15)20-14)19(2,3)18(22)21-12-8-4-5-9-13-21/h6-7,10-11,20H,4-5,8-9,12-13H2,1-3H3. The molecular weight excluding hydrogens is 272 g/mol. The first-order valence-electron chi connectivity index (χ1n) is 8.39. The van der Waals surface area contributed by atoms with Gasteiger partial charge in [-0.1, -0.05) is 31.0 Å². The molecule has 0 radical (unpaired) electrons. The number of hydrogen-bond donors (Lipinski definition) is 1. The van der Waals surface area contributed by atoms with Crippen molar-refractivity contribution >= 4 is 16.8 Å². The van der Waals surface area contributed by atoms with E-state index in [2.05, 4.69) is 42.8 Å². The normalized spacial score (nSPS) is 16.8. The molecule has 0 bridgehead atoms. The third-order valence-corrected chi connectivity index (χ3v) is 4.95. The van der Waals surface area contributed by atoms with Crippen LogP contribution in [-0.4, -0.2) is 28.9 Å². The number of benzene rings is 1. The van der Waals surface area contributed by atoms with E-state index in [1.807, 2.05) is 12.1 Å². The number of aryl methyl sites for hydroxylation is 1. The zero-order valence-electron chi connectivity index (χ0n) is 13.9. The van der Waals surface area contributed by atoms with Crippen LogP contribution in [0.5, 0.6) is 0 Å². The molecule has 0 atom stereocenters. The van der Waals surface area contributed by atoms with Crippen molar-refractivity contribution in [2.24, 2.45) is 0 Å². The summed E-state index contributed by atoms with van der Waals surface area (Å²) in [6, 6.07) is 8.28. The number of nitrogens with one attached hydrogen (secondary N) is 1. The van der Waals surface area contributed by atoms with Gasteiger partial charge in [0, 0.05) is 29.7 Å². The first kappa shape index (κ1) is 15.1. The number of amides is 1. The van der Waals surface area contributed by atoms with E-state index in [9.17, 15) is 4.79 Å². The van der Waals surface area contributed by atoms with Gasteiger partial charge in [0.1, 0.15) is 0 Å². The number of carbonyl (C=O) groups is 1. The molecule has 0 spiro atoms. The van der Waals surface area contributed by atoms with Gasteiger partial charge >= 0.3 is 0 Å². The fourth-order valence-electron chi connectivity index (χ4n) is 3.86. The number of aromatic amines is 1. The van der Waals surface area contributed by atoms with Crippen molar-refractivity contribution in [3.05, 3.63) is 35.5 Å². The average molecular weight is 298 g/mol. The van der Waals surface area contributed by atoms with Crippen molar-refractivity contribution in [3.63, 3.8) is 0 Å². The van der Waals surface area contributed by atoms with Crippen LogP contribution in [0.1, 0.15) is 50.8 Å². The lowest BCUT2D eigenvalue weighted by Crippen LogP contribution is -2.44. The second-order valence-corrected chi connectivity index (χ2v) is 7.00. The van der Waals surface area contributed by atoms with Gasteiger partial charge in [-0.15, -0.1) is 0 Å². The summed E-state index contributed by atoms with van der Waals surface area (Å²) in [5.74, 6) is 0.266. The van der Waals surface area contributed by atoms with Crippen molar-refractivity contribution < 1.29 is 4.79 Å². The third kappa shape index (κ3) is 2.53. The highest BCUT2D eigenvalue weighted by Gasteiger charge is 2.37. The molecule has 1 N–H and O–H groups in total. The number of rotatable bonds is 2. The quantitative estimate of drug-likeness (QED) is 0.888. The molecule has 22 heavy (non-hydrogen) atoms. The predicted molar refractivity (Wildman–Crippen MR) is 91.1 cm³/mol. The summed E-state index contributed by atoms with van der Waals surface area (Å²) in [5, 5.41) is 1.17. The van der Waals surface area contributed by atoms with Crippen LogP contribution in [-0.2, 0) is 10.2 Å². The molecule has 1 saturated heterocycles. The molecule has 3 heteroatoms. The Hall–Kier alpha value is -1.77. The molecule has 0 saturated carbocycles. The molecule has 1 fully saturated rings. The van der Waals surface area contributed by atoms with E-state index in [0.29, 0.717) is 0 Å². The van der Waals surface area contributed by atoms with E-state index in [0.717, 1.165) is 42.7 Å². The first-order valence-corrected chi connectivity index (χ1v) is 8.39. The molecule has 2 heterocycles. The van der Waals surface area contributed by atoms with Crippen molar-refractivity contribution in [3.8, 4) is 0 Å². The first-order chi connectivity index (χ1) is 10.5. The molecular formula is C19H26N2O. The Morgan fingerprint density at radius 1 is 1.09 bits per heavy atom. The molecule has 1 amide bonds. The maximum atomic E-state index is 13.2. The topological polar surface area (TPSA) is 36.1 Å². The smallest absolute Gasteiger partial charge is 0.232 e. The minimum absolute atomic E-state index is 0.266. The van der Waals surface area contributed by atoms with Gasteiger partial charge in [-0.05, 0) is 45.2 Å². The van der Waals surface area contributed by atoms with Gasteiger partial charge in [0.05, 0.1) is 5.41 Å². The Labute approximate surface area is 132 Å². The van der Waals surface area contributed by atoms with Gasteiger partial charge < -0.3 is 9.88 Å². The minimum Gasteiger partial charge on any atom is -0.358 e. The predicted octanol–water partition coefficient (Wildman–Crippen LogP) is 4.16. The lowest BCUT2D eigenvalue weighted by Gasteiger charge is -2.32. The van der Waals surface area contributed by atoms with E-state index in [1.54, 1.807) is 0 Å². The molecule has 1 aliphatic heterocycles. The molecule has 0 unspecified atom stereocenters. The zero-order valence-corrected chi connectivity index (χ0v) is 13.9. The van der Waals surface area contributed by atoms with Gasteiger partial charge in [0.25, 0.3) is 0 Å². The maximum absolute atomic E-state index is 13.2. The highest BCUT2D eigenvalue weighted by Crippen LogP contribution is 2.35. The molecule has 2 aromatic rings. The molecule has 3 rings (SSSR count). The van der Waals surface area contributed by atoms with Crippen molar-refractivity contribution in [2.45, 2.75) is 51.9 Å². The van der Waals surface area contributed by atoms with Crippen LogP contribution >= 0.6 is 0 Å². The molecule has 1 aromatic heterocycles. The van der Waals surface area contributed by atoms with Crippen LogP contribution in [0.4, 0.5) is 0 Å². The number of likely N-dealkylation sites (tertiary alicyclic amines) is 1. The van der Waals surface area contributed by atoms with E-state index in [1.165, 1.54) is 18.2 Å². The van der Waals surface area contributed by atoms with E-state index in [4.69, 9.17) is 0 Å². The summed E-state index contributed by atoms with van der Waals surface area (Å²) >= 11 is 0. The summed E-state index contributed by atoms with van der Waals surface area (Å²) in [5.41, 5.74) is 2.88. The Kier molecular flexibility index (Phi) is 3.98. The number of fused-ring (bicyclic) bond motifs is 1. The largest absolute Gasteiger partial charge is 0.358 e. The summed E-state index contributed by atoms with van der Waals surface area (Å²) in [4.78, 5) is 18.7. The monoisotopic (exact) mass is 298 g/mol. The van der Waals surface area contributed by atoms with Crippen LogP contribution in [0.2, 0.25) is 0 Å². The SMILES string of the molecule is Cc1[nH]c2ccccc2c1C(C)(C)C(=O)N1CCCCCC1. The van der Waals surface area contributed by atoms with Crippen molar-refractivity contribution in [2.75, 3.05) is 13.1 Å². The summed E-state index contributed by atoms with van der Waals surface area (Å²) in [6.07, 6.45) is 4.76. The minimum atomic E-state index is -0.492. The lowest BCUT2D eigenvalue weighted by atomic mass is 9.81. The van der Waals surface area contributed by atoms with Crippen molar-refractivity contribution in [1.29, 1.82) is 0 Å². The molecule has 3 nitrogen and oxygen atoms in total. The zero-order chi connectivity index (χ0) is 15.7. The maximum Gasteiger partial charge on any atom is 0.232 e. The van der Waals surface area contributed by atoms with E-state index in [-0.39, 0.29) is 5.91 Å². The Morgan fingerprint density at radius 2 is 1.73 bits per heavy atom. The highest BCUT2D eigenvalue weighted by atomic mass is 16.2. The second kappa shape index (κ2) is 5.79. The van der Waals surface area contributed by atoms with Crippen LogP contribution < -0.4 is 0 Å². The van der Waals surface area contributed by atoms with Gasteiger partial charge in [0.15, 0.2) is 0 Å². The summed E-state index contributed by atoms with van der Waals surface area (Å²) in [6.45, 7) is 8.03. The molecule has 118 valence electrons. The summed E-state index contributed by atoms with van der Waals surface area (Å²) < 4.78 is 0. The number of aromatic nitrogens is 1. The van der Waals surface area contributed by atoms with Crippen LogP contribution in [0, 0.1) is 6.92 Å². The van der Waals surface area contributed by atoms with E-state index >= 15 is 0 Å². The van der Waals surface area contributed by atoms with Crippen LogP contribution in [0.15, 0.2) is 24.3 Å². The van der Waals surface area contributed by atoms with Crippen LogP contribution in [0.3, 0.4) is 0 Å². The van der Waals surface area contributed by atoms with Crippen molar-refractivity contribution in [1.82, 2.24) is 9.88 Å². The summed E-state index contributed by atoms with van der Waals surface area (Å²) in [7, 11) is 0. The molecule has 0 aliphatic carbocycles. The Morgan fingerprint density at radius 3 is 2.41 bits per heavy atom. The highest BCUT2D eigenvalue weighted by molar-refractivity contribution is 5.95. The number of carbonyl (C=O) groups excluding carboxylic acids is 1. The average Bonchev–Trinajstić information content (AvgIpc) is 2.67. The third-order valence-electron chi connectivity index (χ3n) is 4.95. The number of nitrogens with zero attached hydrogens (tertiary/aromatic N) is 1. The van der Waals surface area contributed by atoms with Gasteiger partial charge in [0.2, 0.25) is 5.91 Å². The van der Waals surface area contributed by atoms with E-state index < -0.39 is 5.41 Å². The van der Waals surface area contributed by atoms with Gasteiger partial charge in [-0.25, -0.2) is 0 Å². The fourth-order valence-corrected chi connectivity index (χ4v) is 3.86. The van der Waals surface area contributed by atoms with Gasteiger partial charge in [-0.3, -0.25) is 4.79 Å². The second-order valence-electron chi connectivity index (χ2n) is 7.00. The molecule has 1 aromatic carbocycles. The lowest BCUT2D eigenvalue weighted by molar-refractivity contribution is -0.136. The number of H-pyrrole nitrogens is 1. The Bertz CT molecular complexity index is 676. The van der Waals surface area contributed by atoms with Crippen LogP contribution in [0.25, 0.3) is 10.9 Å². The Balaban J connectivity index is 2.00. The number of para-hydroxylation sites is 1. The van der Waals surface area contributed by atoms with Gasteiger partial charge in [-0.2, -0.15) is 0 Å².